The second-order valence-corrected chi connectivity index (χ2v) is 14.0. The van der Waals surface area contributed by atoms with Gasteiger partial charge in [0.1, 0.15) is 28.9 Å². The maximum Gasteiger partial charge on any atom is 0.272 e. The average Bonchev–Trinajstić information content (AvgIpc) is 3.00. The number of aromatic amines is 1. The van der Waals surface area contributed by atoms with Crippen molar-refractivity contribution in [1.82, 2.24) is 4.98 Å². The van der Waals surface area contributed by atoms with Crippen LogP contribution in [0.15, 0.2) is 120 Å². The van der Waals surface area contributed by atoms with Crippen LogP contribution in [0, 0.1) is 6.92 Å². The number of hydrogen-bond donors (Lipinski definition) is 1. The van der Waals surface area contributed by atoms with Crippen LogP contribution in [0.2, 0.25) is 0 Å². The van der Waals surface area contributed by atoms with Crippen molar-refractivity contribution in [3.05, 3.63) is 154 Å². The number of rotatable bonds is 9. The summed E-state index contributed by atoms with van der Waals surface area (Å²) in [6, 6.07) is 40.2. The second-order valence-electron chi connectivity index (χ2n) is 10.5. The summed E-state index contributed by atoms with van der Waals surface area (Å²) in [5.41, 5.74) is 3.96. The lowest BCUT2D eigenvalue weighted by molar-refractivity contribution is -0.0000156. The highest BCUT2D eigenvalue weighted by atomic mass is 35.5. The van der Waals surface area contributed by atoms with Gasteiger partial charge in [-0.1, -0.05) is 79.7 Å². The number of nitrogens with one attached hydrogen (secondary N) is 1. The van der Waals surface area contributed by atoms with Gasteiger partial charge >= 0.3 is 0 Å². The molecular formula is C36H36ClN2O2P. The molecule has 4 aromatic carbocycles. The fraction of sp³-hybridized carbons (Fsp3) is 0.167. The normalized spacial score (nSPS) is 11.0. The van der Waals surface area contributed by atoms with E-state index in [2.05, 4.69) is 102 Å². The number of carbonyl (C=O) groups is 1. The Kier molecular flexibility index (Phi) is 9.83. The van der Waals surface area contributed by atoms with E-state index in [1.54, 1.807) is 4.90 Å². The van der Waals surface area contributed by atoms with Gasteiger partial charge in [-0.15, -0.1) is 0 Å². The van der Waals surface area contributed by atoms with Gasteiger partial charge in [-0.2, -0.15) is 0 Å². The van der Waals surface area contributed by atoms with E-state index in [9.17, 15) is 9.59 Å². The summed E-state index contributed by atoms with van der Waals surface area (Å²) in [5, 5.41) is 3.88. The zero-order valence-electron chi connectivity index (χ0n) is 24.5. The number of anilines is 1. The van der Waals surface area contributed by atoms with E-state index in [1.807, 2.05) is 46.1 Å². The SMILES string of the molecule is CCc1c(C)[nH]c(=O)c(N(C)C)c1C(=O)c1cccc(C[P+](c2ccccc2)(c2ccccc2)c2ccccc2)c1.[Cl-]. The van der Waals surface area contributed by atoms with E-state index >= 15 is 0 Å². The van der Waals surface area contributed by atoms with Gasteiger partial charge in [-0.05, 0) is 66.9 Å². The maximum atomic E-state index is 14.2. The highest BCUT2D eigenvalue weighted by Crippen LogP contribution is 2.58. The first-order valence-corrected chi connectivity index (χ1v) is 16.0. The minimum absolute atomic E-state index is 0. The number of aryl methyl sites for hydroxylation is 1. The highest BCUT2D eigenvalue weighted by Gasteiger charge is 2.45. The van der Waals surface area contributed by atoms with Crippen molar-refractivity contribution >= 4 is 34.6 Å². The van der Waals surface area contributed by atoms with E-state index in [-0.39, 0.29) is 23.7 Å². The molecule has 0 bridgehead atoms. The van der Waals surface area contributed by atoms with Gasteiger partial charge in [-0.3, -0.25) is 9.59 Å². The van der Waals surface area contributed by atoms with Gasteiger partial charge < -0.3 is 22.3 Å². The van der Waals surface area contributed by atoms with Crippen LogP contribution in [0.25, 0.3) is 0 Å². The fourth-order valence-electron chi connectivity index (χ4n) is 5.86. The average molecular weight is 595 g/mol. The Hall–Kier alpha value is -3.98. The molecule has 6 heteroatoms. The first-order chi connectivity index (χ1) is 19.9. The van der Waals surface area contributed by atoms with E-state index in [0.717, 1.165) is 23.0 Å². The highest BCUT2D eigenvalue weighted by molar-refractivity contribution is 7.95. The van der Waals surface area contributed by atoms with Crippen molar-refractivity contribution in [2.45, 2.75) is 26.4 Å². The standard InChI is InChI=1S/C36H35N2O2P.ClH/c1-5-32-26(2)37-36(40)34(38(3)4)33(32)35(39)28-17-15-16-27(24-28)25-41(29-18-9-6-10-19-29,30-20-11-7-12-21-30)31-22-13-8-14-23-31;/h6-24H,5,25H2,1-4H3;1H. The molecule has 0 radical (unpaired) electrons. The Morgan fingerprint density at radius 2 is 1.26 bits per heavy atom. The quantitative estimate of drug-likeness (QED) is 0.211. The van der Waals surface area contributed by atoms with Crippen molar-refractivity contribution < 1.29 is 17.2 Å². The number of hydrogen-bond acceptors (Lipinski definition) is 3. The molecule has 0 spiro atoms. The Morgan fingerprint density at radius 3 is 1.71 bits per heavy atom. The lowest BCUT2D eigenvalue weighted by Gasteiger charge is -2.28. The number of halogens is 1. The Bertz CT molecular complexity index is 1620. The molecule has 5 aromatic rings. The number of carbonyl (C=O) groups excluding carboxylic acids is 1. The monoisotopic (exact) mass is 594 g/mol. The molecule has 0 aliphatic heterocycles. The van der Waals surface area contributed by atoms with E-state index in [4.69, 9.17) is 0 Å². The molecule has 214 valence electrons. The number of H-pyrrole nitrogens is 1. The summed E-state index contributed by atoms with van der Waals surface area (Å²) in [4.78, 5) is 31.9. The molecule has 1 N–H and O–H groups in total. The molecule has 0 saturated heterocycles. The lowest BCUT2D eigenvalue weighted by Crippen LogP contribution is -3.00. The number of aromatic nitrogens is 1. The zero-order chi connectivity index (χ0) is 29.0. The van der Waals surface area contributed by atoms with Crippen molar-refractivity contribution in [3.63, 3.8) is 0 Å². The van der Waals surface area contributed by atoms with Crippen LogP contribution in [-0.2, 0) is 12.6 Å². The first-order valence-electron chi connectivity index (χ1n) is 14.0. The summed E-state index contributed by atoms with van der Waals surface area (Å²) in [5.74, 6) is -0.121. The fourth-order valence-corrected chi connectivity index (χ4v) is 10.1. The van der Waals surface area contributed by atoms with Crippen LogP contribution in [0.1, 0.15) is 39.7 Å². The molecule has 0 fully saturated rings. The molecule has 0 unspecified atom stereocenters. The van der Waals surface area contributed by atoms with Gasteiger partial charge in [0.15, 0.2) is 5.78 Å². The third kappa shape index (κ3) is 5.83. The third-order valence-corrected chi connectivity index (χ3v) is 12.1. The maximum absolute atomic E-state index is 14.2. The molecule has 42 heavy (non-hydrogen) atoms. The molecule has 0 saturated carbocycles. The lowest BCUT2D eigenvalue weighted by atomic mass is 9.94. The van der Waals surface area contributed by atoms with Crippen LogP contribution >= 0.6 is 7.26 Å². The van der Waals surface area contributed by atoms with Crippen LogP contribution in [-0.4, -0.2) is 24.9 Å². The predicted octanol–water partition coefficient (Wildman–Crippen LogP) is 3.04. The molecule has 1 aromatic heterocycles. The zero-order valence-corrected chi connectivity index (χ0v) is 26.1. The Morgan fingerprint density at radius 1 is 0.762 bits per heavy atom. The van der Waals surface area contributed by atoms with Crippen molar-refractivity contribution in [2.75, 3.05) is 19.0 Å². The van der Waals surface area contributed by atoms with Gasteiger partial charge in [0.25, 0.3) is 5.56 Å². The van der Waals surface area contributed by atoms with E-state index in [1.165, 1.54) is 15.9 Å². The van der Waals surface area contributed by atoms with Gasteiger partial charge in [0, 0.05) is 25.4 Å². The number of nitrogens with zero attached hydrogens (tertiary/aromatic N) is 1. The van der Waals surface area contributed by atoms with E-state index < -0.39 is 7.26 Å². The van der Waals surface area contributed by atoms with Gasteiger partial charge in [-0.25, -0.2) is 0 Å². The summed E-state index contributed by atoms with van der Waals surface area (Å²) >= 11 is 0. The largest absolute Gasteiger partial charge is 1.00 e. The van der Waals surface area contributed by atoms with E-state index in [0.29, 0.717) is 23.2 Å². The minimum Gasteiger partial charge on any atom is -1.00 e. The number of pyridine rings is 1. The number of ketones is 1. The molecule has 0 aliphatic rings. The van der Waals surface area contributed by atoms with Gasteiger partial charge in [0.2, 0.25) is 0 Å². The molecule has 0 amide bonds. The summed E-state index contributed by atoms with van der Waals surface area (Å²) in [7, 11) is 1.49. The molecular weight excluding hydrogens is 559 g/mol. The second kappa shape index (κ2) is 13.3. The predicted molar refractivity (Wildman–Crippen MR) is 174 cm³/mol. The number of benzene rings is 4. The Labute approximate surface area is 255 Å². The summed E-state index contributed by atoms with van der Waals surface area (Å²) in [6.07, 6.45) is 1.41. The smallest absolute Gasteiger partial charge is 0.272 e. The van der Waals surface area contributed by atoms with Crippen LogP contribution in [0.3, 0.4) is 0 Å². The van der Waals surface area contributed by atoms with Crippen molar-refractivity contribution in [2.24, 2.45) is 0 Å². The van der Waals surface area contributed by atoms with Crippen LogP contribution in [0.5, 0.6) is 0 Å². The van der Waals surface area contributed by atoms with Crippen LogP contribution in [0.4, 0.5) is 5.69 Å². The molecule has 1 heterocycles. The van der Waals surface area contributed by atoms with Crippen molar-refractivity contribution in [3.8, 4) is 0 Å². The van der Waals surface area contributed by atoms with Crippen molar-refractivity contribution in [1.29, 1.82) is 0 Å². The topological polar surface area (TPSA) is 53.2 Å². The summed E-state index contributed by atoms with van der Waals surface area (Å²) < 4.78 is 0. The van der Waals surface area contributed by atoms with Gasteiger partial charge in [0.05, 0.1) is 11.7 Å². The molecule has 0 atom stereocenters. The minimum atomic E-state index is -2.13. The molecule has 4 nitrogen and oxygen atoms in total. The summed E-state index contributed by atoms with van der Waals surface area (Å²) in [6.45, 7) is 3.89. The Balaban J connectivity index is 0.00000405. The first kappa shape index (κ1) is 31.0. The third-order valence-electron chi connectivity index (χ3n) is 7.73. The molecule has 5 rings (SSSR count). The van der Waals surface area contributed by atoms with Crippen LogP contribution < -0.4 is 38.8 Å². The molecule has 0 aliphatic carbocycles.